The third-order valence-corrected chi connectivity index (χ3v) is 3.26. The summed E-state index contributed by atoms with van der Waals surface area (Å²) in [4.78, 5) is 12.8. The van der Waals surface area contributed by atoms with Crippen molar-refractivity contribution in [2.45, 2.75) is 12.0 Å². The van der Waals surface area contributed by atoms with Crippen molar-refractivity contribution in [2.24, 2.45) is 0 Å². The molecule has 2 nitrogen and oxygen atoms in total. The van der Waals surface area contributed by atoms with Crippen LogP contribution in [0.2, 0.25) is 0 Å². The second-order valence-electron chi connectivity index (χ2n) is 4.45. The second kappa shape index (κ2) is 4.16. The Labute approximate surface area is 109 Å². The van der Waals surface area contributed by atoms with E-state index in [-0.39, 0.29) is 0 Å². The Morgan fingerprint density at radius 1 is 0.895 bits per heavy atom. The number of carbonyl (C=O) groups excluding carboxylic acids is 1. The average Bonchev–Trinajstić information content (AvgIpc) is 2.45. The molecule has 0 bridgehead atoms. The Bertz CT molecular complexity index is 598. The summed E-state index contributed by atoms with van der Waals surface area (Å²) >= 11 is 0. The van der Waals surface area contributed by atoms with Crippen LogP contribution >= 0.6 is 0 Å². The molecule has 0 N–H and O–H groups in total. The fourth-order valence-electron chi connectivity index (χ4n) is 2.34. The number of hydrogen-bond donors (Lipinski definition) is 0. The van der Waals surface area contributed by atoms with Crippen LogP contribution < -0.4 is 4.90 Å². The fraction of sp³-hybridized carbons (Fsp3) is 0.133. The molecule has 0 aliphatic carbocycles. The standard InChI is InChI=1S/C15H11F2NO/c16-15(17)13(11-7-3-1-4-8-11)18(14(15)19)12-9-5-2-6-10-12/h1-10,13H/t13-/m1/s1. The molecular weight excluding hydrogens is 248 g/mol. The molecule has 0 saturated carbocycles. The van der Waals surface area contributed by atoms with Crippen LogP contribution in [-0.4, -0.2) is 11.8 Å². The smallest absolute Gasteiger partial charge is 0.293 e. The minimum absolute atomic E-state index is 0.441. The van der Waals surface area contributed by atoms with Gasteiger partial charge in [0.05, 0.1) is 0 Å². The van der Waals surface area contributed by atoms with Crippen LogP contribution in [-0.2, 0) is 4.79 Å². The van der Waals surface area contributed by atoms with E-state index in [1.54, 1.807) is 60.7 Å². The molecule has 1 heterocycles. The zero-order valence-electron chi connectivity index (χ0n) is 9.96. The summed E-state index contributed by atoms with van der Waals surface area (Å²) in [7, 11) is 0. The third-order valence-electron chi connectivity index (χ3n) is 3.26. The number of alkyl halides is 2. The number of rotatable bonds is 2. The first-order valence-electron chi connectivity index (χ1n) is 5.94. The van der Waals surface area contributed by atoms with E-state index in [9.17, 15) is 13.6 Å². The molecule has 1 amide bonds. The summed E-state index contributed by atoms with van der Waals surface area (Å²) in [5, 5.41) is 0. The van der Waals surface area contributed by atoms with Gasteiger partial charge in [-0.25, -0.2) is 0 Å². The van der Waals surface area contributed by atoms with E-state index in [1.165, 1.54) is 0 Å². The van der Waals surface area contributed by atoms with Crippen molar-refractivity contribution in [2.75, 3.05) is 4.90 Å². The first kappa shape index (κ1) is 11.8. The molecule has 1 atom stereocenters. The highest BCUT2D eigenvalue weighted by Crippen LogP contribution is 2.49. The molecular formula is C15H11F2NO. The molecule has 1 aliphatic rings. The molecule has 3 rings (SSSR count). The van der Waals surface area contributed by atoms with Crippen molar-refractivity contribution < 1.29 is 13.6 Å². The molecule has 1 fully saturated rings. The monoisotopic (exact) mass is 259 g/mol. The Kier molecular flexibility index (Phi) is 2.59. The Morgan fingerprint density at radius 2 is 1.42 bits per heavy atom. The molecule has 0 aromatic heterocycles. The van der Waals surface area contributed by atoms with Crippen molar-refractivity contribution in [3.8, 4) is 0 Å². The zero-order chi connectivity index (χ0) is 13.5. The number of benzene rings is 2. The maximum Gasteiger partial charge on any atom is 0.349 e. The van der Waals surface area contributed by atoms with E-state index in [2.05, 4.69) is 0 Å². The maximum absolute atomic E-state index is 13.8. The summed E-state index contributed by atoms with van der Waals surface area (Å²) in [5.41, 5.74) is 0.934. The van der Waals surface area contributed by atoms with Crippen LogP contribution in [0, 0.1) is 0 Å². The second-order valence-corrected chi connectivity index (χ2v) is 4.45. The fourth-order valence-corrected chi connectivity index (χ4v) is 2.34. The van der Waals surface area contributed by atoms with Crippen molar-refractivity contribution in [3.63, 3.8) is 0 Å². The summed E-state index contributed by atoms with van der Waals surface area (Å²) in [6, 6.07) is 15.7. The highest BCUT2D eigenvalue weighted by Gasteiger charge is 2.64. The summed E-state index contributed by atoms with van der Waals surface area (Å²) < 4.78 is 27.7. The maximum atomic E-state index is 13.8. The van der Waals surface area contributed by atoms with Gasteiger partial charge in [0.15, 0.2) is 0 Å². The minimum atomic E-state index is -3.34. The minimum Gasteiger partial charge on any atom is -0.293 e. The van der Waals surface area contributed by atoms with Gasteiger partial charge in [0.1, 0.15) is 6.04 Å². The van der Waals surface area contributed by atoms with E-state index in [0.717, 1.165) is 4.90 Å². The number of para-hydroxylation sites is 1. The third kappa shape index (κ3) is 1.71. The lowest BCUT2D eigenvalue weighted by Gasteiger charge is -2.46. The van der Waals surface area contributed by atoms with E-state index < -0.39 is 17.9 Å². The summed E-state index contributed by atoms with van der Waals surface area (Å²) in [5.74, 6) is -4.48. The molecule has 0 unspecified atom stereocenters. The van der Waals surface area contributed by atoms with Gasteiger partial charge in [-0.15, -0.1) is 0 Å². The largest absolute Gasteiger partial charge is 0.349 e. The molecule has 1 saturated heterocycles. The Balaban J connectivity index is 2.03. The van der Waals surface area contributed by atoms with Crippen LogP contribution in [0.1, 0.15) is 11.6 Å². The van der Waals surface area contributed by atoms with Crippen LogP contribution in [0.5, 0.6) is 0 Å². The molecule has 2 aromatic carbocycles. The number of halogens is 2. The van der Waals surface area contributed by atoms with Gasteiger partial charge < -0.3 is 0 Å². The molecule has 2 aromatic rings. The number of amides is 1. The zero-order valence-corrected chi connectivity index (χ0v) is 9.96. The topological polar surface area (TPSA) is 20.3 Å². The lowest BCUT2D eigenvalue weighted by atomic mass is 9.89. The predicted octanol–water partition coefficient (Wildman–Crippen LogP) is 3.41. The highest BCUT2D eigenvalue weighted by atomic mass is 19.3. The number of β-lactam (4-membered cyclic amide) rings is 1. The SMILES string of the molecule is O=C1N(c2ccccc2)[C@H](c2ccccc2)C1(F)F. The van der Waals surface area contributed by atoms with Gasteiger partial charge in [-0.2, -0.15) is 8.78 Å². The van der Waals surface area contributed by atoms with E-state index in [4.69, 9.17) is 0 Å². The summed E-state index contributed by atoms with van der Waals surface area (Å²) in [6.07, 6.45) is 0. The van der Waals surface area contributed by atoms with Gasteiger partial charge in [-0.05, 0) is 17.7 Å². The van der Waals surface area contributed by atoms with Gasteiger partial charge in [0.25, 0.3) is 0 Å². The van der Waals surface area contributed by atoms with Crippen LogP contribution in [0.4, 0.5) is 14.5 Å². The van der Waals surface area contributed by atoms with E-state index >= 15 is 0 Å². The van der Waals surface area contributed by atoms with Crippen molar-refractivity contribution in [1.29, 1.82) is 0 Å². The van der Waals surface area contributed by atoms with Crippen LogP contribution in [0.25, 0.3) is 0 Å². The molecule has 19 heavy (non-hydrogen) atoms. The van der Waals surface area contributed by atoms with Crippen LogP contribution in [0.15, 0.2) is 60.7 Å². The molecule has 1 aliphatic heterocycles. The molecule has 0 spiro atoms. The number of anilines is 1. The normalized spacial score (nSPS) is 21.1. The van der Waals surface area contributed by atoms with Gasteiger partial charge in [0, 0.05) is 5.69 Å². The number of nitrogens with zero attached hydrogens (tertiary/aromatic N) is 1. The van der Waals surface area contributed by atoms with Gasteiger partial charge in [-0.3, -0.25) is 9.69 Å². The van der Waals surface area contributed by atoms with Crippen LogP contribution in [0.3, 0.4) is 0 Å². The first-order chi connectivity index (χ1) is 9.12. The van der Waals surface area contributed by atoms with Gasteiger partial charge in [-0.1, -0.05) is 48.5 Å². The number of hydrogen-bond acceptors (Lipinski definition) is 1. The lowest BCUT2D eigenvalue weighted by Crippen LogP contribution is -2.64. The molecule has 0 radical (unpaired) electrons. The predicted molar refractivity (Wildman–Crippen MR) is 68.1 cm³/mol. The van der Waals surface area contributed by atoms with Crippen molar-refractivity contribution in [3.05, 3.63) is 66.2 Å². The first-order valence-corrected chi connectivity index (χ1v) is 5.94. The van der Waals surface area contributed by atoms with Gasteiger partial charge in [0.2, 0.25) is 0 Å². The van der Waals surface area contributed by atoms with E-state index in [0.29, 0.717) is 11.3 Å². The van der Waals surface area contributed by atoms with E-state index in [1.807, 2.05) is 0 Å². The Morgan fingerprint density at radius 3 is 2.00 bits per heavy atom. The summed E-state index contributed by atoms with van der Waals surface area (Å²) in [6.45, 7) is 0. The number of carbonyl (C=O) groups is 1. The Hall–Kier alpha value is -2.23. The quantitative estimate of drug-likeness (QED) is 0.757. The molecule has 4 heteroatoms. The van der Waals surface area contributed by atoms with Crippen molar-refractivity contribution in [1.82, 2.24) is 0 Å². The highest BCUT2D eigenvalue weighted by molar-refractivity contribution is 6.07. The lowest BCUT2D eigenvalue weighted by molar-refractivity contribution is -0.162. The average molecular weight is 259 g/mol. The molecule has 96 valence electrons. The van der Waals surface area contributed by atoms with Crippen molar-refractivity contribution >= 4 is 11.6 Å². The van der Waals surface area contributed by atoms with Gasteiger partial charge >= 0.3 is 11.8 Å².